The van der Waals surface area contributed by atoms with Crippen LogP contribution in [0, 0.1) is 0 Å². The number of esters is 1. The minimum atomic E-state index is -3.78. The Labute approximate surface area is 160 Å². The Morgan fingerprint density at radius 2 is 1.78 bits per heavy atom. The van der Waals surface area contributed by atoms with Crippen molar-refractivity contribution in [3.8, 4) is 5.75 Å². The van der Waals surface area contributed by atoms with Crippen LogP contribution in [-0.2, 0) is 10.0 Å². The molecule has 1 N–H and O–H groups in total. The first-order chi connectivity index (χ1) is 12.9. The fraction of sp³-hybridized carbons (Fsp3) is 0. The van der Waals surface area contributed by atoms with Gasteiger partial charge in [0.1, 0.15) is 5.75 Å². The first-order valence-corrected chi connectivity index (χ1v) is 9.46. The summed E-state index contributed by atoms with van der Waals surface area (Å²) in [6.07, 6.45) is 2.70. The van der Waals surface area contributed by atoms with E-state index in [1.54, 1.807) is 30.3 Å². The Kier molecular flexibility index (Phi) is 5.58. The van der Waals surface area contributed by atoms with Gasteiger partial charge in [0.05, 0.1) is 17.4 Å². The number of carbonyl (C=O) groups excluding carboxylic acids is 1. The van der Waals surface area contributed by atoms with E-state index in [-0.39, 0.29) is 10.7 Å². The zero-order valence-electron chi connectivity index (χ0n) is 13.7. The summed E-state index contributed by atoms with van der Waals surface area (Å²) in [5.74, 6) is -0.204. The van der Waals surface area contributed by atoms with Gasteiger partial charge in [0.25, 0.3) is 10.0 Å². The number of furan rings is 1. The normalized spacial score (nSPS) is 11.4. The standard InChI is InChI=1S/C18H13ClN2O5S/c19-14-5-9-16(10-6-14)27(23,24)21-20-12-13-3-7-15(8-4-13)26-18(22)17-2-1-11-25-17/h1-12,21H. The van der Waals surface area contributed by atoms with Gasteiger partial charge in [-0.05, 0) is 66.2 Å². The van der Waals surface area contributed by atoms with Gasteiger partial charge in [-0.25, -0.2) is 9.63 Å². The van der Waals surface area contributed by atoms with Crippen LogP contribution in [0.25, 0.3) is 0 Å². The first-order valence-electron chi connectivity index (χ1n) is 7.60. The Hall–Kier alpha value is -3.10. The van der Waals surface area contributed by atoms with Crippen molar-refractivity contribution in [2.75, 3.05) is 0 Å². The van der Waals surface area contributed by atoms with E-state index in [9.17, 15) is 13.2 Å². The summed E-state index contributed by atoms with van der Waals surface area (Å²) in [6, 6.07) is 15.1. The van der Waals surface area contributed by atoms with E-state index in [0.717, 1.165) is 0 Å². The van der Waals surface area contributed by atoms with E-state index in [1.165, 1.54) is 42.8 Å². The number of sulfonamides is 1. The molecule has 0 radical (unpaired) electrons. The van der Waals surface area contributed by atoms with Crippen LogP contribution in [0.2, 0.25) is 5.02 Å². The van der Waals surface area contributed by atoms with Crippen LogP contribution in [0.4, 0.5) is 0 Å². The summed E-state index contributed by atoms with van der Waals surface area (Å²) in [7, 11) is -3.78. The molecule has 9 heteroatoms. The number of benzene rings is 2. The van der Waals surface area contributed by atoms with Crippen LogP contribution in [0.3, 0.4) is 0 Å². The van der Waals surface area contributed by atoms with Gasteiger partial charge in [0.2, 0.25) is 5.76 Å². The summed E-state index contributed by atoms with van der Waals surface area (Å²) >= 11 is 5.74. The summed E-state index contributed by atoms with van der Waals surface area (Å²) < 4.78 is 34.3. The van der Waals surface area contributed by atoms with Crippen molar-refractivity contribution in [2.24, 2.45) is 5.10 Å². The predicted octanol–water partition coefficient (Wildman–Crippen LogP) is 3.46. The van der Waals surface area contributed by atoms with Crippen LogP contribution < -0.4 is 9.57 Å². The maximum atomic E-state index is 12.1. The number of halogens is 1. The number of hydrazone groups is 1. The molecule has 0 aliphatic carbocycles. The van der Waals surface area contributed by atoms with Gasteiger partial charge in [0.15, 0.2) is 0 Å². The van der Waals surface area contributed by atoms with E-state index in [2.05, 4.69) is 9.93 Å². The number of hydrogen-bond acceptors (Lipinski definition) is 6. The third-order valence-electron chi connectivity index (χ3n) is 3.32. The Morgan fingerprint density at radius 3 is 2.41 bits per heavy atom. The lowest BCUT2D eigenvalue weighted by Gasteiger charge is -2.04. The highest BCUT2D eigenvalue weighted by atomic mass is 35.5. The molecule has 0 atom stereocenters. The quantitative estimate of drug-likeness (QED) is 0.293. The fourth-order valence-corrected chi connectivity index (χ4v) is 2.93. The number of nitrogens with zero attached hydrogens (tertiary/aromatic N) is 1. The van der Waals surface area contributed by atoms with Crippen molar-refractivity contribution in [3.05, 3.63) is 83.3 Å². The summed E-state index contributed by atoms with van der Waals surface area (Å²) in [6.45, 7) is 0. The van der Waals surface area contributed by atoms with Crippen molar-refractivity contribution in [1.29, 1.82) is 0 Å². The Balaban J connectivity index is 1.60. The van der Waals surface area contributed by atoms with Crippen molar-refractivity contribution in [3.63, 3.8) is 0 Å². The lowest BCUT2D eigenvalue weighted by Crippen LogP contribution is -2.18. The molecule has 1 aromatic heterocycles. The molecule has 0 unspecified atom stereocenters. The first kappa shape index (κ1) is 18.7. The van der Waals surface area contributed by atoms with E-state index >= 15 is 0 Å². The zero-order chi connectivity index (χ0) is 19.3. The second kappa shape index (κ2) is 8.07. The molecule has 138 valence electrons. The highest BCUT2D eigenvalue weighted by molar-refractivity contribution is 7.89. The van der Waals surface area contributed by atoms with Crippen molar-refractivity contribution in [2.45, 2.75) is 4.90 Å². The molecule has 0 amide bonds. The van der Waals surface area contributed by atoms with Gasteiger partial charge in [-0.3, -0.25) is 0 Å². The monoisotopic (exact) mass is 404 g/mol. The third kappa shape index (κ3) is 4.96. The van der Waals surface area contributed by atoms with Crippen LogP contribution in [0.15, 0.2) is 81.3 Å². The summed E-state index contributed by atoms with van der Waals surface area (Å²) in [5, 5.41) is 4.16. The second-order valence-electron chi connectivity index (χ2n) is 5.24. The molecule has 0 fully saturated rings. The molecule has 0 saturated carbocycles. The molecule has 2 aromatic carbocycles. The third-order valence-corrected chi connectivity index (χ3v) is 4.81. The number of ether oxygens (including phenoxy) is 1. The Morgan fingerprint density at radius 1 is 1.07 bits per heavy atom. The zero-order valence-corrected chi connectivity index (χ0v) is 15.3. The summed E-state index contributed by atoms with van der Waals surface area (Å²) in [4.78, 5) is 13.9. The van der Waals surface area contributed by atoms with Crippen LogP contribution in [-0.4, -0.2) is 20.6 Å². The van der Waals surface area contributed by atoms with Gasteiger partial charge in [-0.2, -0.15) is 13.5 Å². The number of hydrogen-bond donors (Lipinski definition) is 1. The number of rotatable bonds is 6. The SMILES string of the molecule is O=C(Oc1ccc(C=NNS(=O)(=O)c2ccc(Cl)cc2)cc1)c1ccco1. The largest absolute Gasteiger partial charge is 0.457 e. The topological polar surface area (TPSA) is 98.0 Å². The van der Waals surface area contributed by atoms with E-state index < -0.39 is 16.0 Å². The van der Waals surface area contributed by atoms with Gasteiger partial charge < -0.3 is 9.15 Å². The maximum absolute atomic E-state index is 12.1. The number of nitrogens with one attached hydrogen (secondary N) is 1. The molecule has 0 saturated heterocycles. The van der Waals surface area contributed by atoms with Crippen molar-refractivity contribution < 1.29 is 22.4 Å². The van der Waals surface area contributed by atoms with E-state index in [0.29, 0.717) is 16.3 Å². The van der Waals surface area contributed by atoms with E-state index in [1.807, 2.05) is 0 Å². The van der Waals surface area contributed by atoms with Crippen molar-refractivity contribution in [1.82, 2.24) is 4.83 Å². The average Bonchev–Trinajstić information content (AvgIpc) is 3.18. The van der Waals surface area contributed by atoms with Crippen LogP contribution in [0.5, 0.6) is 5.75 Å². The van der Waals surface area contributed by atoms with Gasteiger partial charge in [0, 0.05) is 5.02 Å². The molecular formula is C18H13ClN2O5S. The predicted molar refractivity (Wildman–Crippen MR) is 99.5 cm³/mol. The minimum Gasteiger partial charge on any atom is -0.457 e. The highest BCUT2D eigenvalue weighted by Crippen LogP contribution is 2.15. The highest BCUT2D eigenvalue weighted by Gasteiger charge is 2.12. The molecule has 0 spiro atoms. The van der Waals surface area contributed by atoms with Gasteiger partial charge in [-0.1, -0.05) is 11.6 Å². The van der Waals surface area contributed by atoms with E-state index in [4.69, 9.17) is 20.8 Å². The van der Waals surface area contributed by atoms with Gasteiger partial charge in [-0.15, -0.1) is 0 Å². The molecule has 7 nitrogen and oxygen atoms in total. The lowest BCUT2D eigenvalue weighted by molar-refractivity contribution is 0.0701. The van der Waals surface area contributed by atoms with Crippen LogP contribution in [0.1, 0.15) is 16.1 Å². The number of carbonyl (C=O) groups is 1. The minimum absolute atomic E-state index is 0.0456. The molecule has 0 aliphatic rings. The van der Waals surface area contributed by atoms with Gasteiger partial charge >= 0.3 is 5.97 Å². The average molecular weight is 405 g/mol. The smallest absolute Gasteiger partial charge is 0.379 e. The molecule has 3 aromatic rings. The lowest BCUT2D eigenvalue weighted by atomic mass is 10.2. The van der Waals surface area contributed by atoms with Crippen LogP contribution >= 0.6 is 11.6 Å². The Bertz CT molecular complexity index is 1040. The molecule has 27 heavy (non-hydrogen) atoms. The molecule has 3 rings (SSSR count). The second-order valence-corrected chi connectivity index (χ2v) is 7.34. The summed E-state index contributed by atoms with van der Waals surface area (Å²) in [5.41, 5.74) is 0.603. The molecule has 0 aliphatic heterocycles. The molecule has 0 bridgehead atoms. The van der Waals surface area contributed by atoms with Crippen molar-refractivity contribution >= 4 is 33.8 Å². The molecular weight excluding hydrogens is 392 g/mol. The molecule has 1 heterocycles. The fourth-order valence-electron chi connectivity index (χ4n) is 2.01. The maximum Gasteiger partial charge on any atom is 0.379 e.